The van der Waals surface area contributed by atoms with Crippen LogP contribution >= 0.6 is 0 Å². The van der Waals surface area contributed by atoms with Crippen LogP contribution in [0.15, 0.2) is 24.4 Å². The molecule has 1 aromatic carbocycles. The highest BCUT2D eigenvalue weighted by molar-refractivity contribution is 5.55. The summed E-state index contributed by atoms with van der Waals surface area (Å²) < 4.78 is 21.2. The zero-order valence-corrected chi connectivity index (χ0v) is 12.8. The molecule has 0 fully saturated rings. The summed E-state index contributed by atoms with van der Waals surface area (Å²) in [5, 5.41) is 3.07. The summed E-state index contributed by atoms with van der Waals surface area (Å²) in [4.78, 5) is 4.41. The molecule has 114 valence electrons. The van der Waals surface area contributed by atoms with Gasteiger partial charge in [0.1, 0.15) is 5.82 Å². The highest BCUT2D eigenvalue weighted by Gasteiger charge is 2.09. The number of rotatable bonds is 7. The highest BCUT2D eigenvalue weighted by Crippen LogP contribution is 2.21. The van der Waals surface area contributed by atoms with E-state index in [1.807, 2.05) is 37.6 Å². The predicted octanol–water partition coefficient (Wildman–Crippen LogP) is 3.81. The van der Waals surface area contributed by atoms with E-state index in [0.717, 1.165) is 30.8 Å². The van der Waals surface area contributed by atoms with Crippen molar-refractivity contribution in [3.05, 3.63) is 41.5 Å². The first-order chi connectivity index (χ1) is 10.1. The molecule has 0 atom stereocenters. The fourth-order valence-electron chi connectivity index (χ4n) is 2.14. The Morgan fingerprint density at radius 2 is 2.14 bits per heavy atom. The number of hydrogen-bond donors (Lipinski definition) is 1. The van der Waals surface area contributed by atoms with E-state index in [1.54, 1.807) is 6.07 Å². The highest BCUT2D eigenvalue weighted by atomic mass is 19.1. The van der Waals surface area contributed by atoms with Gasteiger partial charge in [-0.2, -0.15) is 0 Å². The van der Waals surface area contributed by atoms with E-state index in [9.17, 15) is 4.39 Å². The number of imidazole rings is 1. The fraction of sp³-hybridized carbons (Fsp3) is 0.438. The van der Waals surface area contributed by atoms with Crippen LogP contribution in [0.2, 0.25) is 0 Å². The van der Waals surface area contributed by atoms with Crippen LogP contribution in [0.25, 0.3) is 0 Å². The Hall–Kier alpha value is -1.88. The Bertz CT molecular complexity index is 595. The molecular weight excluding hydrogens is 269 g/mol. The number of nitrogens with zero attached hydrogens (tertiary/aromatic N) is 2. The minimum atomic E-state index is -0.267. The third-order valence-electron chi connectivity index (χ3n) is 3.16. The lowest BCUT2D eigenvalue weighted by Gasteiger charge is -2.10. The Morgan fingerprint density at radius 3 is 2.86 bits per heavy atom. The van der Waals surface area contributed by atoms with E-state index in [0.29, 0.717) is 18.2 Å². The number of ether oxygens (including phenoxy) is 1. The summed E-state index contributed by atoms with van der Waals surface area (Å²) in [6.45, 7) is 8.00. The second kappa shape index (κ2) is 7.22. The molecule has 4 nitrogen and oxygen atoms in total. The van der Waals surface area contributed by atoms with Crippen molar-refractivity contribution >= 4 is 11.6 Å². The molecule has 2 rings (SSSR count). The number of hydrogen-bond acceptors (Lipinski definition) is 3. The van der Waals surface area contributed by atoms with Crippen molar-refractivity contribution < 1.29 is 9.13 Å². The number of benzene rings is 1. The van der Waals surface area contributed by atoms with Gasteiger partial charge in [0, 0.05) is 26.0 Å². The van der Waals surface area contributed by atoms with Gasteiger partial charge >= 0.3 is 0 Å². The maximum Gasteiger partial charge on any atom is 0.207 e. The van der Waals surface area contributed by atoms with Gasteiger partial charge in [0.2, 0.25) is 5.95 Å². The van der Waals surface area contributed by atoms with Crippen molar-refractivity contribution in [3.63, 3.8) is 0 Å². The number of nitrogens with one attached hydrogen (secondary N) is 1. The number of halogens is 1. The number of anilines is 2. The molecule has 0 bridgehead atoms. The largest absolute Gasteiger partial charge is 0.382 e. The summed E-state index contributed by atoms with van der Waals surface area (Å²) in [5.41, 5.74) is 2.24. The lowest BCUT2D eigenvalue weighted by molar-refractivity contribution is 0.142. The van der Waals surface area contributed by atoms with Crippen LogP contribution in [0.4, 0.5) is 16.0 Å². The van der Waals surface area contributed by atoms with Crippen molar-refractivity contribution in [1.29, 1.82) is 0 Å². The van der Waals surface area contributed by atoms with Crippen LogP contribution in [0.3, 0.4) is 0 Å². The molecule has 5 heteroatoms. The van der Waals surface area contributed by atoms with Crippen LogP contribution in [0, 0.1) is 19.7 Å². The third-order valence-corrected chi connectivity index (χ3v) is 3.16. The van der Waals surface area contributed by atoms with E-state index >= 15 is 0 Å². The van der Waals surface area contributed by atoms with Crippen LogP contribution in [0.1, 0.15) is 24.6 Å². The Morgan fingerprint density at radius 1 is 1.33 bits per heavy atom. The Kier molecular flexibility index (Phi) is 5.33. The van der Waals surface area contributed by atoms with Gasteiger partial charge in [0.25, 0.3) is 0 Å². The van der Waals surface area contributed by atoms with Crippen molar-refractivity contribution in [2.24, 2.45) is 0 Å². The molecule has 0 radical (unpaired) electrons. The molecule has 0 saturated carbocycles. The molecule has 0 spiro atoms. The van der Waals surface area contributed by atoms with Gasteiger partial charge in [-0.15, -0.1) is 0 Å². The predicted molar refractivity (Wildman–Crippen MR) is 82.5 cm³/mol. The lowest BCUT2D eigenvalue weighted by atomic mass is 10.2. The van der Waals surface area contributed by atoms with Gasteiger partial charge in [-0.25, -0.2) is 9.37 Å². The second-order valence-corrected chi connectivity index (χ2v) is 5.06. The van der Waals surface area contributed by atoms with Crippen molar-refractivity contribution in [3.8, 4) is 0 Å². The average Bonchev–Trinajstić information content (AvgIpc) is 2.78. The summed E-state index contributed by atoms with van der Waals surface area (Å²) in [6.07, 6.45) is 2.86. The Balaban J connectivity index is 2.08. The molecular formula is C16H22FN3O. The molecule has 21 heavy (non-hydrogen) atoms. The molecule has 0 aliphatic rings. The first-order valence-corrected chi connectivity index (χ1v) is 7.25. The van der Waals surface area contributed by atoms with Crippen molar-refractivity contribution in [1.82, 2.24) is 9.55 Å². The van der Waals surface area contributed by atoms with Gasteiger partial charge in [-0.1, -0.05) is 6.07 Å². The van der Waals surface area contributed by atoms with Crippen LogP contribution < -0.4 is 5.32 Å². The minimum absolute atomic E-state index is 0.267. The normalized spacial score (nSPS) is 10.9. The molecule has 2 aromatic rings. The summed E-state index contributed by atoms with van der Waals surface area (Å²) in [7, 11) is 0. The maximum atomic E-state index is 13.9. The van der Waals surface area contributed by atoms with Crippen molar-refractivity contribution in [2.75, 3.05) is 18.5 Å². The number of aromatic nitrogens is 2. The fourth-order valence-corrected chi connectivity index (χ4v) is 2.14. The molecule has 1 aromatic heterocycles. The lowest BCUT2D eigenvalue weighted by Crippen LogP contribution is -2.06. The average molecular weight is 291 g/mol. The molecule has 0 aliphatic carbocycles. The number of aryl methyl sites for hydroxylation is 3. The van der Waals surface area contributed by atoms with Crippen LogP contribution in [-0.4, -0.2) is 22.8 Å². The monoisotopic (exact) mass is 291 g/mol. The van der Waals surface area contributed by atoms with Crippen LogP contribution in [0.5, 0.6) is 0 Å². The maximum absolute atomic E-state index is 13.9. The van der Waals surface area contributed by atoms with Crippen molar-refractivity contribution in [2.45, 2.75) is 33.7 Å². The zero-order chi connectivity index (χ0) is 15.2. The minimum Gasteiger partial charge on any atom is -0.382 e. The molecule has 1 N–H and O–H groups in total. The first kappa shape index (κ1) is 15.5. The van der Waals surface area contributed by atoms with Gasteiger partial charge < -0.3 is 14.6 Å². The van der Waals surface area contributed by atoms with E-state index in [1.165, 1.54) is 6.07 Å². The quantitative estimate of drug-likeness (QED) is 0.788. The third kappa shape index (κ3) is 4.29. The van der Waals surface area contributed by atoms with E-state index in [-0.39, 0.29) is 5.82 Å². The van der Waals surface area contributed by atoms with E-state index in [2.05, 4.69) is 10.3 Å². The van der Waals surface area contributed by atoms with Gasteiger partial charge in [-0.05, 0) is 44.9 Å². The molecule has 1 heterocycles. The van der Waals surface area contributed by atoms with Gasteiger partial charge in [0.05, 0.1) is 11.4 Å². The second-order valence-electron chi connectivity index (χ2n) is 5.06. The standard InChI is InChI=1S/C16H22FN3O/c1-4-21-9-5-8-20-11-13(3)18-16(20)19-15-7-6-12(2)10-14(15)17/h6-7,10-11H,4-5,8-9H2,1-3H3,(H,18,19). The van der Waals surface area contributed by atoms with Gasteiger partial charge in [-0.3, -0.25) is 0 Å². The SMILES string of the molecule is CCOCCCn1cc(C)nc1Nc1ccc(C)cc1F. The molecule has 0 unspecified atom stereocenters. The summed E-state index contributed by atoms with van der Waals surface area (Å²) >= 11 is 0. The van der Waals surface area contributed by atoms with Gasteiger partial charge in [0.15, 0.2) is 0 Å². The molecule has 0 amide bonds. The Labute approximate surface area is 125 Å². The van der Waals surface area contributed by atoms with E-state index < -0.39 is 0 Å². The zero-order valence-electron chi connectivity index (χ0n) is 12.8. The summed E-state index contributed by atoms with van der Waals surface area (Å²) in [6, 6.07) is 5.12. The summed E-state index contributed by atoms with van der Waals surface area (Å²) in [5.74, 6) is 0.392. The van der Waals surface area contributed by atoms with E-state index in [4.69, 9.17) is 4.74 Å². The first-order valence-electron chi connectivity index (χ1n) is 7.25. The molecule has 0 saturated heterocycles. The topological polar surface area (TPSA) is 39.1 Å². The molecule has 0 aliphatic heterocycles. The van der Waals surface area contributed by atoms with Crippen LogP contribution in [-0.2, 0) is 11.3 Å². The smallest absolute Gasteiger partial charge is 0.207 e.